The van der Waals surface area contributed by atoms with Crippen LogP contribution in [0.4, 0.5) is 5.69 Å². The Morgan fingerprint density at radius 1 is 1.19 bits per heavy atom. The van der Waals surface area contributed by atoms with Crippen LogP contribution in [0.15, 0.2) is 52.2 Å². The van der Waals surface area contributed by atoms with Gasteiger partial charge >= 0.3 is 0 Å². The molecule has 32 heavy (non-hydrogen) atoms. The predicted molar refractivity (Wildman–Crippen MR) is 138 cm³/mol. The molecule has 0 bridgehead atoms. The van der Waals surface area contributed by atoms with Gasteiger partial charge in [0.25, 0.3) is 0 Å². The number of para-hydroxylation sites is 1. The summed E-state index contributed by atoms with van der Waals surface area (Å²) in [5, 5.41) is 7.05. The third-order valence-corrected chi connectivity index (χ3v) is 7.01. The van der Waals surface area contributed by atoms with Gasteiger partial charge in [0.1, 0.15) is 12.0 Å². The van der Waals surface area contributed by atoms with E-state index in [4.69, 9.17) is 9.52 Å². The van der Waals surface area contributed by atoms with E-state index in [9.17, 15) is 8.42 Å². The van der Waals surface area contributed by atoms with Gasteiger partial charge in [-0.25, -0.2) is 8.42 Å². The maximum atomic E-state index is 12.6. The summed E-state index contributed by atoms with van der Waals surface area (Å²) in [6.45, 7) is 6.51. The number of aliphatic imine (C=N–C) groups is 1. The summed E-state index contributed by atoms with van der Waals surface area (Å²) in [4.78, 5) is 9.12. The molecule has 0 radical (unpaired) electrons. The summed E-state index contributed by atoms with van der Waals surface area (Å²) in [6.07, 6.45) is 2.33. The predicted octanol–water partition coefficient (Wildman–Crippen LogP) is 2.23. The number of sulfonamides is 1. The highest BCUT2D eigenvalue weighted by Crippen LogP contribution is 2.13. The normalized spacial score (nSPS) is 15.3. The first-order valence-corrected chi connectivity index (χ1v) is 12.3. The maximum Gasteiger partial charge on any atom is 0.220 e. The Morgan fingerprint density at radius 2 is 1.91 bits per heavy atom. The number of guanidine groups is 1. The highest BCUT2D eigenvalue weighted by atomic mass is 127. The smallest absolute Gasteiger partial charge is 0.220 e. The van der Waals surface area contributed by atoms with Gasteiger partial charge in [0.05, 0.1) is 5.69 Å². The maximum absolute atomic E-state index is 12.6. The third-order valence-electron chi connectivity index (χ3n) is 5.20. The van der Waals surface area contributed by atoms with Crippen LogP contribution in [0.2, 0.25) is 0 Å². The van der Waals surface area contributed by atoms with Crippen molar-refractivity contribution in [1.29, 1.82) is 0 Å². The van der Waals surface area contributed by atoms with Gasteiger partial charge in [0.15, 0.2) is 5.96 Å². The summed E-state index contributed by atoms with van der Waals surface area (Å²) in [5.41, 5.74) is 1.62. The number of nitrogens with zero attached hydrogens (tertiary/aromatic N) is 5. The van der Waals surface area contributed by atoms with Crippen molar-refractivity contribution in [3.8, 4) is 0 Å². The third kappa shape index (κ3) is 7.62. The molecule has 3 rings (SSSR count). The first kappa shape index (κ1) is 26.4. The largest absolute Gasteiger partial charge is 0.375 e. The number of halogens is 1. The van der Waals surface area contributed by atoms with Crippen molar-refractivity contribution >= 4 is 45.6 Å². The molecule has 1 saturated heterocycles. The Hall–Kier alpha value is -1.86. The molecular weight excluding hydrogens is 543 g/mol. The van der Waals surface area contributed by atoms with Crippen molar-refractivity contribution in [2.75, 3.05) is 57.8 Å². The molecule has 0 atom stereocenters. The first-order chi connectivity index (χ1) is 15.0. The Kier molecular flexibility index (Phi) is 10.7. The second-order valence-corrected chi connectivity index (χ2v) is 9.45. The molecule has 1 fully saturated rings. The Bertz CT molecular complexity index is 916. The number of piperazine rings is 1. The zero-order chi connectivity index (χ0) is 22.1. The van der Waals surface area contributed by atoms with Crippen molar-refractivity contribution in [1.82, 2.24) is 19.7 Å². The summed E-state index contributed by atoms with van der Waals surface area (Å²) >= 11 is 0. The molecule has 1 aromatic carbocycles. The Labute approximate surface area is 207 Å². The van der Waals surface area contributed by atoms with E-state index >= 15 is 0 Å². The molecule has 1 aromatic heterocycles. The molecule has 0 spiro atoms. The number of rotatable bonds is 9. The fraction of sp³-hybridized carbons (Fsp3) is 0.524. The van der Waals surface area contributed by atoms with E-state index < -0.39 is 10.0 Å². The lowest BCUT2D eigenvalue weighted by Gasteiger charge is -2.35. The van der Waals surface area contributed by atoms with E-state index in [1.165, 1.54) is 16.3 Å². The Balaban J connectivity index is 0.00000363. The van der Waals surface area contributed by atoms with Crippen LogP contribution in [0.5, 0.6) is 0 Å². The molecule has 1 N–H and O–H groups in total. The highest BCUT2D eigenvalue weighted by Gasteiger charge is 2.28. The van der Waals surface area contributed by atoms with Crippen molar-refractivity contribution < 1.29 is 12.9 Å². The van der Waals surface area contributed by atoms with Crippen LogP contribution >= 0.6 is 24.0 Å². The number of anilines is 1. The van der Waals surface area contributed by atoms with E-state index in [1.807, 2.05) is 25.1 Å². The second kappa shape index (κ2) is 13.0. The lowest BCUT2D eigenvalue weighted by Crippen LogP contribution is -2.54. The molecule has 0 saturated carbocycles. The lowest BCUT2D eigenvalue weighted by molar-refractivity contribution is 0.260. The van der Waals surface area contributed by atoms with Crippen LogP contribution < -0.4 is 10.2 Å². The van der Waals surface area contributed by atoms with Gasteiger partial charge in [-0.2, -0.15) is 4.31 Å². The van der Waals surface area contributed by atoms with E-state index in [2.05, 4.69) is 39.5 Å². The van der Waals surface area contributed by atoms with E-state index in [-0.39, 0.29) is 29.7 Å². The first-order valence-electron chi connectivity index (χ1n) is 10.7. The molecule has 178 valence electrons. The zero-order valence-electron chi connectivity index (χ0n) is 18.7. The van der Waals surface area contributed by atoms with Gasteiger partial charge in [-0.05, 0) is 25.5 Å². The van der Waals surface area contributed by atoms with Gasteiger partial charge in [0, 0.05) is 64.6 Å². The number of nitrogens with one attached hydrogen (secondary N) is 1. The molecule has 0 amide bonds. The second-order valence-electron chi connectivity index (χ2n) is 7.48. The van der Waals surface area contributed by atoms with Crippen LogP contribution in [0, 0.1) is 0 Å². The summed E-state index contributed by atoms with van der Waals surface area (Å²) in [5.74, 6) is 0.713. The van der Waals surface area contributed by atoms with Crippen molar-refractivity contribution in [3.63, 3.8) is 0 Å². The average Bonchev–Trinajstić information content (AvgIpc) is 3.29. The SMILES string of the molecule is CCNC(=NCCCN(C)c1ccccc1)N1CCN(S(=O)(=O)Cc2ccon2)CC1.I. The number of hydrogen-bond acceptors (Lipinski definition) is 6. The van der Waals surface area contributed by atoms with E-state index in [0.717, 1.165) is 25.5 Å². The van der Waals surface area contributed by atoms with E-state index in [0.29, 0.717) is 38.4 Å². The standard InChI is InChI=1S/C21H32N6O3S.HI/c1-3-22-21(23-11-7-12-25(2)20-8-5-4-6-9-20)26-13-15-27(16-14-26)31(28,29)18-19-10-17-30-24-19;/h4-6,8-10,17H,3,7,11-16,18H2,1-2H3,(H,22,23);1H. The van der Waals surface area contributed by atoms with Crippen molar-refractivity contribution in [2.45, 2.75) is 19.1 Å². The van der Waals surface area contributed by atoms with E-state index in [1.54, 1.807) is 6.07 Å². The Morgan fingerprint density at radius 3 is 2.53 bits per heavy atom. The number of aromatic nitrogens is 1. The quantitative estimate of drug-likeness (QED) is 0.212. The highest BCUT2D eigenvalue weighted by molar-refractivity contribution is 14.0. The van der Waals surface area contributed by atoms with Crippen LogP contribution in [0.3, 0.4) is 0 Å². The molecule has 1 aliphatic heterocycles. The van der Waals surface area contributed by atoms with Crippen LogP contribution in [-0.2, 0) is 15.8 Å². The molecule has 1 aliphatic rings. The summed E-state index contributed by atoms with van der Waals surface area (Å²) < 4.78 is 31.5. The van der Waals surface area contributed by atoms with Gasteiger partial charge in [-0.3, -0.25) is 4.99 Å². The van der Waals surface area contributed by atoms with Crippen LogP contribution in [0.1, 0.15) is 19.0 Å². The molecule has 2 aromatic rings. The van der Waals surface area contributed by atoms with Gasteiger partial charge in [0.2, 0.25) is 10.0 Å². The minimum absolute atomic E-state index is 0. The van der Waals surface area contributed by atoms with Gasteiger partial charge < -0.3 is 19.6 Å². The van der Waals surface area contributed by atoms with Gasteiger partial charge in [-0.1, -0.05) is 23.4 Å². The number of hydrogen-bond donors (Lipinski definition) is 1. The molecule has 0 unspecified atom stereocenters. The monoisotopic (exact) mass is 576 g/mol. The molecular formula is C21H33IN6O3S. The lowest BCUT2D eigenvalue weighted by atomic mass is 10.3. The average molecular weight is 577 g/mol. The van der Waals surface area contributed by atoms with Crippen LogP contribution in [0.25, 0.3) is 0 Å². The number of benzene rings is 1. The van der Waals surface area contributed by atoms with Crippen molar-refractivity contribution in [2.24, 2.45) is 4.99 Å². The summed E-state index contributed by atoms with van der Waals surface area (Å²) in [7, 11) is -1.32. The minimum atomic E-state index is -3.41. The summed E-state index contributed by atoms with van der Waals surface area (Å²) in [6, 6.07) is 11.9. The molecule has 9 nitrogen and oxygen atoms in total. The van der Waals surface area contributed by atoms with Crippen LogP contribution in [-0.4, -0.2) is 81.6 Å². The topological polar surface area (TPSA) is 94.3 Å². The van der Waals surface area contributed by atoms with Crippen molar-refractivity contribution in [3.05, 3.63) is 48.4 Å². The minimum Gasteiger partial charge on any atom is -0.375 e. The van der Waals surface area contributed by atoms with Gasteiger partial charge in [-0.15, -0.1) is 24.0 Å². The zero-order valence-corrected chi connectivity index (χ0v) is 21.8. The molecule has 2 heterocycles. The molecule has 11 heteroatoms. The molecule has 0 aliphatic carbocycles. The fourth-order valence-electron chi connectivity index (χ4n) is 3.50. The fourth-order valence-corrected chi connectivity index (χ4v) is 4.92.